The van der Waals surface area contributed by atoms with Crippen molar-refractivity contribution in [2.45, 2.75) is 19.8 Å². The van der Waals surface area contributed by atoms with Gasteiger partial charge in [-0.2, -0.15) is 0 Å². The molecule has 2 aliphatic carbocycles. The summed E-state index contributed by atoms with van der Waals surface area (Å²) in [6.45, 7) is 4.27. The van der Waals surface area contributed by atoms with E-state index in [0.29, 0.717) is 17.2 Å². The normalized spacial score (nSPS) is 11.1. The summed E-state index contributed by atoms with van der Waals surface area (Å²) >= 11 is 0. The number of furan rings is 1. The quantitative estimate of drug-likeness (QED) is 0.641. The van der Waals surface area contributed by atoms with Crippen LogP contribution in [0.4, 0.5) is 0 Å². The van der Waals surface area contributed by atoms with Crippen molar-refractivity contribution in [3.63, 3.8) is 0 Å². The molecule has 1 aromatic heterocycles. The lowest BCUT2D eigenvalue weighted by Gasteiger charge is -2.05. The van der Waals surface area contributed by atoms with Crippen LogP contribution in [0.1, 0.15) is 35.7 Å². The second kappa shape index (κ2) is 5.68. The summed E-state index contributed by atoms with van der Waals surface area (Å²) in [7, 11) is 1.40. The number of ether oxygens (including phenoxy) is 1. The number of hydrogen-bond donors (Lipinski definition) is 0. The first-order valence-electron chi connectivity index (χ1n) is 7.30. The monoisotopic (exact) mass is 294 g/mol. The van der Waals surface area contributed by atoms with Crippen LogP contribution in [0.25, 0.3) is 22.5 Å². The molecule has 3 rings (SSSR count). The summed E-state index contributed by atoms with van der Waals surface area (Å²) in [6.07, 6.45) is 1.60. The van der Waals surface area contributed by atoms with Gasteiger partial charge in [0.15, 0.2) is 0 Å². The van der Waals surface area contributed by atoms with Gasteiger partial charge in [-0.25, -0.2) is 4.79 Å². The molecule has 0 saturated carbocycles. The standard InChI is InChI=1S/C19H18O3/c1-12(2)13-6-4-7-14-11-16(17-8-5-9-22-17)18(15(14)10-13)19(20)21-3/h4-12H,1-3H3. The molecule has 1 heterocycles. The van der Waals surface area contributed by atoms with Gasteiger partial charge in [0.05, 0.1) is 18.9 Å². The Hall–Kier alpha value is -2.55. The maximum Gasteiger partial charge on any atom is 0.339 e. The molecular weight excluding hydrogens is 276 g/mol. The Morgan fingerprint density at radius 3 is 2.55 bits per heavy atom. The summed E-state index contributed by atoms with van der Waals surface area (Å²) < 4.78 is 10.5. The molecule has 2 aliphatic rings. The fraction of sp³-hybridized carbons (Fsp3) is 0.211. The second-order valence-electron chi connectivity index (χ2n) is 5.60. The summed E-state index contributed by atoms with van der Waals surface area (Å²) in [6, 6.07) is 13.8. The van der Waals surface area contributed by atoms with Gasteiger partial charge in [-0.1, -0.05) is 38.1 Å². The van der Waals surface area contributed by atoms with Gasteiger partial charge in [0.2, 0.25) is 0 Å². The lowest BCUT2D eigenvalue weighted by atomic mass is 10.0. The minimum atomic E-state index is -0.345. The molecular formula is C19H18O3. The SMILES string of the molecule is COC(=O)c1c2cc(C(C)C)cccc-2cc1-c1ccco1. The molecule has 0 N–H and O–H groups in total. The molecule has 0 fully saturated rings. The van der Waals surface area contributed by atoms with E-state index < -0.39 is 0 Å². The zero-order valence-corrected chi connectivity index (χ0v) is 12.9. The van der Waals surface area contributed by atoms with Crippen LogP contribution < -0.4 is 0 Å². The molecule has 0 atom stereocenters. The third-order valence-corrected chi connectivity index (χ3v) is 3.87. The van der Waals surface area contributed by atoms with Crippen molar-refractivity contribution in [1.29, 1.82) is 0 Å². The molecule has 1 aromatic rings. The van der Waals surface area contributed by atoms with Gasteiger partial charge in [0.1, 0.15) is 5.76 Å². The summed E-state index contributed by atoms with van der Waals surface area (Å²) in [5.74, 6) is 0.704. The van der Waals surface area contributed by atoms with E-state index in [0.717, 1.165) is 16.7 Å². The van der Waals surface area contributed by atoms with Crippen LogP contribution in [0, 0.1) is 0 Å². The lowest BCUT2D eigenvalue weighted by Crippen LogP contribution is -2.02. The van der Waals surface area contributed by atoms with Crippen LogP contribution in [0.3, 0.4) is 0 Å². The lowest BCUT2D eigenvalue weighted by molar-refractivity contribution is 0.0602. The Morgan fingerprint density at radius 2 is 1.91 bits per heavy atom. The number of methoxy groups -OCH3 is 1. The number of carbonyl (C=O) groups excluding carboxylic acids is 1. The Kier molecular flexibility index (Phi) is 3.72. The third kappa shape index (κ3) is 2.39. The third-order valence-electron chi connectivity index (χ3n) is 3.87. The van der Waals surface area contributed by atoms with Crippen molar-refractivity contribution in [1.82, 2.24) is 0 Å². The Bertz CT molecular complexity index is 770. The van der Waals surface area contributed by atoms with Crippen molar-refractivity contribution in [2.75, 3.05) is 7.11 Å². The van der Waals surface area contributed by atoms with Crippen molar-refractivity contribution >= 4 is 5.97 Å². The summed E-state index contributed by atoms with van der Waals surface area (Å²) in [4.78, 5) is 12.3. The largest absolute Gasteiger partial charge is 0.465 e. The highest BCUT2D eigenvalue weighted by Crippen LogP contribution is 2.39. The zero-order chi connectivity index (χ0) is 15.7. The molecule has 0 radical (unpaired) electrons. The van der Waals surface area contributed by atoms with Crippen molar-refractivity contribution in [3.8, 4) is 22.5 Å². The van der Waals surface area contributed by atoms with Crippen LogP contribution >= 0.6 is 0 Å². The van der Waals surface area contributed by atoms with Gasteiger partial charge >= 0.3 is 5.97 Å². The number of carbonyl (C=O) groups is 1. The predicted octanol–water partition coefficient (Wildman–Crippen LogP) is 4.96. The fourth-order valence-electron chi connectivity index (χ4n) is 2.67. The summed E-state index contributed by atoms with van der Waals surface area (Å²) in [5.41, 5.74) is 4.40. The molecule has 22 heavy (non-hydrogen) atoms. The molecule has 0 aliphatic heterocycles. The van der Waals surface area contributed by atoms with Crippen LogP contribution in [0.2, 0.25) is 0 Å². The molecule has 3 nitrogen and oxygen atoms in total. The van der Waals surface area contributed by atoms with E-state index in [-0.39, 0.29) is 5.97 Å². The van der Waals surface area contributed by atoms with Crippen LogP contribution in [-0.4, -0.2) is 13.1 Å². The Balaban J connectivity index is 2.32. The zero-order valence-electron chi connectivity index (χ0n) is 12.9. The molecule has 0 aromatic carbocycles. The van der Waals surface area contributed by atoms with E-state index in [1.807, 2.05) is 30.3 Å². The highest BCUT2D eigenvalue weighted by molar-refractivity contribution is 6.06. The topological polar surface area (TPSA) is 39.4 Å². The van der Waals surface area contributed by atoms with Crippen LogP contribution in [-0.2, 0) is 4.74 Å². The van der Waals surface area contributed by atoms with Crippen LogP contribution in [0.15, 0.2) is 53.1 Å². The molecule has 0 spiro atoms. The Morgan fingerprint density at radius 1 is 1.09 bits per heavy atom. The minimum absolute atomic E-state index is 0.345. The first-order chi connectivity index (χ1) is 10.6. The van der Waals surface area contributed by atoms with E-state index in [1.54, 1.807) is 6.26 Å². The average Bonchev–Trinajstić information content (AvgIpc) is 3.09. The highest BCUT2D eigenvalue weighted by Gasteiger charge is 2.24. The van der Waals surface area contributed by atoms with Crippen LogP contribution in [0.5, 0.6) is 0 Å². The molecule has 3 heteroatoms. The molecule has 0 amide bonds. The van der Waals surface area contributed by atoms with Gasteiger partial charge in [-0.15, -0.1) is 0 Å². The van der Waals surface area contributed by atoms with Crippen molar-refractivity contribution < 1.29 is 13.9 Å². The predicted molar refractivity (Wildman–Crippen MR) is 86.2 cm³/mol. The molecule has 112 valence electrons. The summed E-state index contributed by atoms with van der Waals surface area (Å²) in [5, 5.41) is 0. The first kappa shape index (κ1) is 14.4. The van der Waals surface area contributed by atoms with Crippen molar-refractivity contribution in [3.05, 3.63) is 59.9 Å². The maximum absolute atomic E-state index is 12.3. The Labute approximate surface area is 129 Å². The van der Waals surface area contributed by atoms with Gasteiger partial charge in [-0.05, 0) is 40.8 Å². The van der Waals surface area contributed by atoms with E-state index in [1.165, 1.54) is 12.7 Å². The minimum Gasteiger partial charge on any atom is -0.465 e. The van der Waals surface area contributed by atoms with Gasteiger partial charge in [0, 0.05) is 5.56 Å². The number of hydrogen-bond acceptors (Lipinski definition) is 3. The first-order valence-corrected chi connectivity index (χ1v) is 7.30. The van der Waals surface area contributed by atoms with Gasteiger partial charge < -0.3 is 9.15 Å². The molecule has 0 bridgehead atoms. The van der Waals surface area contributed by atoms with E-state index >= 15 is 0 Å². The maximum atomic E-state index is 12.3. The van der Waals surface area contributed by atoms with E-state index in [4.69, 9.17) is 9.15 Å². The number of rotatable bonds is 3. The van der Waals surface area contributed by atoms with Gasteiger partial charge in [0.25, 0.3) is 0 Å². The number of fused-ring (bicyclic) bond motifs is 1. The molecule has 0 unspecified atom stereocenters. The van der Waals surface area contributed by atoms with E-state index in [9.17, 15) is 4.79 Å². The fourth-order valence-corrected chi connectivity index (χ4v) is 2.67. The van der Waals surface area contributed by atoms with Crippen molar-refractivity contribution in [2.24, 2.45) is 0 Å². The average molecular weight is 294 g/mol. The van der Waals surface area contributed by atoms with Gasteiger partial charge in [-0.3, -0.25) is 0 Å². The van der Waals surface area contributed by atoms with E-state index in [2.05, 4.69) is 26.0 Å². The smallest absolute Gasteiger partial charge is 0.339 e. The second-order valence-corrected chi connectivity index (χ2v) is 5.60. The highest BCUT2D eigenvalue weighted by atomic mass is 16.5. The molecule has 0 saturated heterocycles. The number of esters is 1.